The van der Waals surface area contributed by atoms with Crippen LogP contribution in [0.3, 0.4) is 0 Å². The van der Waals surface area contributed by atoms with Gasteiger partial charge >= 0.3 is 0 Å². The molecule has 0 radical (unpaired) electrons. The number of ether oxygens (including phenoxy) is 2. The van der Waals surface area contributed by atoms with E-state index in [-0.39, 0.29) is 17.9 Å². The van der Waals surface area contributed by atoms with Gasteiger partial charge in [-0.25, -0.2) is 9.07 Å². The van der Waals surface area contributed by atoms with E-state index in [4.69, 9.17) is 9.47 Å². The number of carbonyl (C=O) groups is 1. The summed E-state index contributed by atoms with van der Waals surface area (Å²) in [5, 5.41) is 7.15. The normalized spacial score (nSPS) is 13.5. The van der Waals surface area contributed by atoms with Gasteiger partial charge in [0.1, 0.15) is 29.7 Å². The zero-order valence-electron chi connectivity index (χ0n) is 19.0. The Labute approximate surface area is 196 Å². The summed E-state index contributed by atoms with van der Waals surface area (Å²) in [5.41, 5.74) is 1.08. The van der Waals surface area contributed by atoms with Crippen LogP contribution in [0, 0.1) is 5.82 Å². The first-order chi connectivity index (χ1) is 16.4. The molecule has 0 saturated carbocycles. The topological polar surface area (TPSA) is 88.9 Å². The predicted molar refractivity (Wildman–Crippen MR) is 127 cm³/mol. The van der Waals surface area contributed by atoms with Crippen LogP contribution in [0.15, 0.2) is 59.4 Å². The molecule has 0 bridgehead atoms. The van der Waals surface area contributed by atoms with Gasteiger partial charge in [0, 0.05) is 61.8 Å². The molecular weight excluding hydrogens is 441 g/mol. The van der Waals surface area contributed by atoms with E-state index in [0.29, 0.717) is 36.1 Å². The molecule has 1 N–H and O–H groups in total. The molecule has 1 fully saturated rings. The molecule has 9 nitrogen and oxygen atoms in total. The third kappa shape index (κ3) is 5.45. The Morgan fingerprint density at radius 2 is 1.56 bits per heavy atom. The van der Waals surface area contributed by atoms with Crippen molar-refractivity contribution in [2.45, 2.75) is 6.54 Å². The van der Waals surface area contributed by atoms with Crippen LogP contribution in [-0.2, 0) is 11.3 Å². The van der Waals surface area contributed by atoms with Gasteiger partial charge in [-0.3, -0.25) is 9.59 Å². The number of rotatable bonds is 7. The maximum Gasteiger partial charge on any atom is 0.267 e. The van der Waals surface area contributed by atoms with Crippen LogP contribution in [0.2, 0.25) is 0 Å². The Morgan fingerprint density at radius 3 is 2.18 bits per heavy atom. The highest BCUT2D eigenvalue weighted by Crippen LogP contribution is 2.25. The summed E-state index contributed by atoms with van der Waals surface area (Å²) in [6, 6.07) is 14.5. The number of amides is 1. The van der Waals surface area contributed by atoms with Gasteiger partial charge in [0.25, 0.3) is 5.56 Å². The number of piperazine rings is 1. The van der Waals surface area contributed by atoms with E-state index in [9.17, 15) is 14.0 Å². The van der Waals surface area contributed by atoms with E-state index in [0.717, 1.165) is 23.5 Å². The van der Waals surface area contributed by atoms with Crippen LogP contribution >= 0.6 is 0 Å². The van der Waals surface area contributed by atoms with Gasteiger partial charge in [-0.2, -0.15) is 5.10 Å². The molecule has 0 aliphatic carbocycles. The predicted octanol–water partition coefficient (Wildman–Crippen LogP) is 2.36. The average Bonchev–Trinajstić information content (AvgIpc) is 2.85. The number of hydrogen-bond acceptors (Lipinski definition) is 7. The van der Waals surface area contributed by atoms with E-state index >= 15 is 0 Å². The van der Waals surface area contributed by atoms with E-state index in [1.54, 1.807) is 36.4 Å². The zero-order chi connectivity index (χ0) is 24.1. The smallest absolute Gasteiger partial charge is 0.267 e. The second-order valence-electron chi connectivity index (χ2n) is 7.79. The first-order valence-corrected chi connectivity index (χ1v) is 10.8. The third-order valence-corrected chi connectivity index (χ3v) is 5.58. The fourth-order valence-electron chi connectivity index (χ4n) is 3.78. The van der Waals surface area contributed by atoms with Crippen LogP contribution in [0.5, 0.6) is 11.5 Å². The number of benzene rings is 2. The Kier molecular flexibility index (Phi) is 6.95. The first-order valence-electron chi connectivity index (χ1n) is 10.8. The molecule has 0 unspecified atom stereocenters. The van der Waals surface area contributed by atoms with Gasteiger partial charge in [-0.15, -0.1) is 0 Å². The minimum atomic E-state index is -0.400. The Morgan fingerprint density at radius 1 is 0.941 bits per heavy atom. The lowest BCUT2D eigenvalue weighted by molar-refractivity contribution is -0.117. The minimum absolute atomic E-state index is 0.234. The number of methoxy groups -OCH3 is 2. The van der Waals surface area contributed by atoms with E-state index in [1.807, 2.05) is 0 Å². The molecule has 2 heterocycles. The molecule has 0 atom stereocenters. The highest BCUT2D eigenvalue weighted by atomic mass is 19.1. The van der Waals surface area contributed by atoms with Crippen molar-refractivity contribution in [2.24, 2.45) is 0 Å². The zero-order valence-corrected chi connectivity index (χ0v) is 19.0. The Hall–Kier alpha value is -4.08. The van der Waals surface area contributed by atoms with Crippen molar-refractivity contribution in [1.82, 2.24) is 9.78 Å². The number of anilines is 3. The molecule has 1 aromatic heterocycles. The van der Waals surface area contributed by atoms with Crippen LogP contribution < -0.4 is 30.1 Å². The van der Waals surface area contributed by atoms with E-state index in [2.05, 4.69) is 20.2 Å². The van der Waals surface area contributed by atoms with Gasteiger partial charge in [0.2, 0.25) is 5.91 Å². The summed E-state index contributed by atoms with van der Waals surface area (Å²) in [6.45, 7) is 2.58. The van der Waals surface area contributed by atoms with Gasteiger partial charge in [-0.1, -0.05) is 0 Å². The van der Waals surface area contributed by atoms with Crippen molar-refractivity contribution < 1.29 is 18.7 Å². The largest absolute Gasteiger partial charge is 0.497 e. The summed E-state index contributed by atoms with van der Waals surface area (Å²) in [5.74, 6) is 1.03. The molecule has 10 heteroatoms. The molecule has 34 heavy (non-hydrogen) atoms. The maximum atomic E-state index is 13.2. The highest BCUT2D eigenvalue weighted by Gasteiger charge is 2.19. The van der Waals surface area contributed by atoms with Crippen molar-refractivity contribution in [3.05, 3.63) is 70.8 Å². The summed E-state index contributed by atoms with van der Waals surface area (Å²) < 4.78 is 24.8. The summed E-state index contributed by atoms with van der Waals surface area (Å²) >= 11 is 0. The standard InChI is InChI=1S/C24H26FN5O4/c1-33-20-13-18(14-21(15-20)34-2)26-23(31)16-30-24(32)8-7-22(27-30)29-11-9-28(10-12-29)19-5-3-17(25)4-6-19/h3-8,13-15H,9-12,16H2,1-2H3,(H,26,31). The minimum Gasteiger partial charge on any atom is -0.497 e. The van der Waals surface area contributed by atoms with Gasteiger partial charge in [0.15, 0.2) is 0 Å². The average molecular weight is 468 g/mol. The Bertz CT molecular complexity index is 1180. The first kappa shape index (κ1) is 23.1. The number of aromatic nitrogens is 2. The fraction of sp³-hybridized carbons (Fsp3) is 0.292. The second-order valence-corrected chi connectivity index (χ2v) is 7.79. The number of carbonyl (C=O) groups excluding carboxylic acids is 1. The SMILES string of the molecule is COc1cc(NC(=O)Cn2nc(N3CCN(c4ccc(F)cc4)CC3)ccc2=O)cc(OC)c1. The highest BCUT2D eigenvalue weighted by molar-refractivity contribution is 5.91. The number of nitrogens with one attached hydrogen (secondary N) is 1. The summed E-state index contributed by atoms with van der Waals surface area (Å²) in [4.78, 5) is 29.2. The van der Waals surface area contributed by atoms with Gasteiger partial charge in [0.05, 0.1) is 14.2 Å². The lowest BCUT2D eigenvalue weighted by Gasteiger charge is -2.36. The molecule has 1 amide bonds. The molecule has 178 valence electrons. The molecule has 1 saturated heterocycles. The lowest BCUT2D eigenvalue weighted by atomic mass is 10.2. The van der Waals surface area contributed by atoms with Crippen LogP contribution in [-0.4, -0.2) is 56.1 Å². The van der Waals surface area contributed by atoms with Gasteiger partial charge in [-0.05, 0) is 30.3 Å². The third-order valence-electron chi connectivity index (χ3n) is 5.58. The molecule has 0 spiro atoms. The quantitative estimate of drug-likeness (QED) is 0.571. The van der Waals surface area contributed by atoms with Crippen LogP contribution in [0.4, 0.5) is 21.6 Å². The van der Waals surface area contributed by atoms with Crippen LogP contribution in [0.1, 0.15) is 0 Å². The molecule has 1 aliphatic heterocycles. The number of nitrogens with zero attached hydrogens (tertiary/aromatic N) is 4. The lowest BCUT2D eigenvalue weighted by Crippen LogP contribution is -2.47. The van der Waals surface area contributed by atoms with Crippen molar-refractivity contribution in [1.29, 1.82) is 0 Å². The molecule has 3 aromatic rings. The van der Waals surface area contributed by atoms with Gasteiger partial charge < -0.3 is 24.6 Å². The summed E-state index contributed by atoms with van der Waals surface area (Å²) in [7, 11) is 3.05. The van der Waals surface area contributed by atoms with Crippen LogP contribution in [0.25, 0.3) is 0 Å². The maximum absolute atomic E-state index is 13.2. The Balaban J connectivity index is 1.41. The molecular formula is C24H26FN5O4. The van der Waals surface area contributed by atoms with Crippen molar-refractivity contribution in [2.75, 3.05) is 55.5 Å². The fourth-order valence-corrected chi connectivity index (χ4v) is 3.78. The second kappa shape index (κ2) is 10.2. The molecule has 4 rings (SSSR count). The van der Waals surface area contributed by atoms with Crippen molar-refractivity contribution in [3.8, 4) is 11.5 Å². The van der Waals surface area contributed by atoms with E-state index in [1.165, 1.54) is 32.4 Å². The molecule has 2 aromatic carbocycles. The van der Waals surface area contributed by atoms with Crippen molar-refractivity contribution >= 4 is 23.1 Å². The van der Waals surface area contributed by atoms with Crippen molar-refractivity contribution in [3.63, 3.8) is 0 Å². The monoisotopic (exact) mass is 467 g/mol. The summed E-state index contributed by atoms with van der Waals surface area (Å²) in [6.07, 6.45) is 0. The number of hydrogen-bond donors (Lipinski definition) is 1. The number of halogens is 1. The molecule has 1 aliphatic rings. The van der Waals surface area contributed by atoms with E-state index < -0.39 is 5.91 Å².